The van der Waals surface area contributed by atoms with Crippen LogP contribution in [0.3, 0.4) is 0 Å². The van der Waals surface area contributed by atoms with Crippen LogP contribution in [0.4, 0.5) is 0 Å². The van der Waals surface area contributed by atoms with Crippen LogP contribution in [0.2, 0.25) is 0 Å². The van der Waals surface area contributed by atoms with Crippen molar-refractivity contribution < 1.29 is 18.9 Å². The molecule has 0 saturated heterocycles. The van der Waals surface area contributed by atoms with E-state index >= 15 is 0 Å². The summed E-state index contributed by atoms with van der Waals surface area (Å²) in [5.41, 5.74) is 0.959. The van der Waals surface area contributed by atoms with Gasteiger partial charge in [-0.05, 0) is 25.3 Å². The quantitative estimate of drug-likeness (QED) is 0.518. The summed E-state index contributed by atoms with van der Waals surface area (Å²) < 4.78 is 22.4. The molecular formula is C19H32O4. The van der Waals surface area contributed by atoms with Crippen LogP contribution >= 0.6 is 0 Å². The zero-order valence-electron chi connectivity index (χ0n) is 15.3. The van der Waals surface area contributed by atoms with E-state index in [0.29, 0.717) is 18.3 Å². The second-order valence-corrected chi connectivity index (χ2v) is 5.78. The second kappa shape index (κ2) is 11.3. The number of hydrogen-bond donors (Lipinski definition) is 0. The van der Waals surface area contributed by atoms with E-state index in [2.05, 4.69) is 13.8 Å². The van der Waals surface area contributed by atoms with Crippen LogP contribution in [0.15, 0.2) is 18.2 Å². The van der Waals surface area contributed by atoms with Crippen LogP contribution in [0.1, 0.15) is 52.0 Å². The molecule has 0 unspecified atom stereocenters. The molecule has 0 saturated carbocycles. The van der Waals surface area contributed by atoms with Gasteiger partial charge >= 0.3 is 0 Å². The first-order valence-corrected chi connectivity index (χ1v) is 8.59. The summed E-state index contributed by atoms with van der Waals surface area (Å²) >= 11 is 0. The van der Waals surface area contributed by atoms with Crippen molar-refractivity contribution >= 4 is 0 Å². The van der Waals surface area contributed by atoms with E-state index in [1.807, 2.05) is 25.1 Å². The SMILES string of the molecule is CCCC[C@H](CC)CO[C@H](C)OCc1cccc(OC)c1OC. The zero-order valence-corrected chi connectivity index (χ0v) is 15.3. The Balaban J connectivity index is 2.45. The highest BCUT2D eigenvalue weighted by atomic mass is 16.7. The first kappa shape index (κ1) is 19.8. The molecule has 1 rings (SSSR count). The lowest BCUT2D eigenvalue weighted by Gasteiger charge is -2.20. The Bertz CT molecular complexity index is 433. The average Bonchev–Trinajstić information content (AvgIpc) is 2.59. The number of ether oxygens (including phenoxy) is 4. The van der Waals surface area contributed by atoms with Crippen molar-refractivity contribution in [3.05, 3.63) is 23.8 Å². The van der Waals surface area contributed by atoms with Gasteiger partial charge in [-0.2, -0.15) is 0 Å². The first-order chi connectivity index (χ1) is 11.2. The number of unbranched alkanes of at least 4 members (excludes halogenated alkanes) is 1. The van der Waals surface area contributed by atoms with Crippen molar-refractivity contribution in [3.63, 3.8) is 0 Å². The molecule has 0 aliphatic carbocycles. The number of para-hydroxylation sites is 1. The van der Waals surface area contributed by atoms with Gasteiger partial charge in [0.1, 0.15) is 0 Å². The molecule has 0 bridgehead atoms. The molecular weight excluding hydrogens is 292 g/mol. The standard InChI is InChI=1S/C19H32O4/c1-6-8-10-16(7-2)13-22-15(3)23-14-17-11-9-12-18(20-4)19(17)21-5/h9,11-12,15-16H,6-8,10,13-14H2,1-5H3/t15-,16-/m0/s1. The molecule has 0 aliphatic rings. The molecule has 1 aromatic rings. The van der Waals surface area contributed by atoms with E-state index in [9.17, 15) is 0 Å². The van der Waals surface area contributed by atoms with Gasteiger partial charge in [-0.25, -0.2) is 0 Å². The number of rotatable bonds is 12. The van der Waals surface area contributed by atoms with Gasteiger partial charge in [-0.3, -0.25) is 0 Å². The maximum Gasteiger partial charge on any atom is 0.166 e. The fourth-order valence-electron chi connectivity index (χ4n) is 2.49. The summed E-state index contributed by atoms with van der Waals surface area (Å²) in [5, 5.41) is 0. The molecule has 4 heteroatoms. The third-order valence-corrected chi connectivity index (χ3v) is 4.07. The summed E-state index contributed by atoms with van der Waals surface area (Å²) in [6, 6.07) is 5.79. The van der Waals surface area contributed by atoms with Crippen LogP contribution in [-0.2, 0) is 16.1 Å². The average molecular weight is 324 g/mol. The van der Waals surface area contributed by atoms with Gasteiger partial charge < -0.3 is 18.9 Å². The summed E-state index contributed by atoms with van der Waals surface area (Å²) in [6.45, 7) is 7.58. The molecule has 0 aliphatic heterocycles. The maximum atomic E-state index is 5.85. The molecule has 0 amide bonds. The molecule has 0 heterocycles. The lowest BCUT2D eigenvalue weighted by molar-refractivity contribution is -0.146. The second-order valence-electron chi connectivity index (χ2n) is 5.78. The van der Waals surface area contributed by atoms with E-state index < -0.39 is 0 Å². The third kappa shape index (κ3) is 6.80. The Morgan fingerprint density at radius 1 is 1.04 bits per heavy atom. The number of hydrogen-bond acceptors (Lipinski definition) is 4. The van der Waals surface area contributed by atoms with Crippen molar-refractivity contribution in [2.75, 3.05) is 20.8 Å². The Labute approximate surface area is 141 Å². The summed E-state index contributed by atoms with van der Waals surface area (Å²) in [5.74, 6) is 2.05. The van der Waals surface area contributed by atoms with Crippen molar-refractivity contribution in [2.45, 2.75) is 59.4 Å². The first-order valence-electron chi connectivity index (χ1n) is 8.59. The zero-order chi connectivity index (χ0) is 17.1. The molecule has 0 fully saturated rings. The molecule has 0 aromatic heterocycles. The van der Waals surface area contributed by atoms with Crippen LogP contribution in [0.5, 0.6) is 11.5 Å². The Kier molecular flexibility index (Phi) is 9.72. The highest BCUT2D eigenvalue weighted by Crippen LogP contribution is 2.31. The van der Waals surface area contributed by atoms with Crippen LogP contribution in [0, 0.1) is 5.92 Å². The van der Waals surface area contributed by atoms with Crippen LogP contribution in [0.25, 0.3) is 0 Å². The molecule has 1 aromatic carbocycles. The molecule has 0 spiro atoms. The van der Waals surface area contributed by atoms with E-state index in [-0.39, 0.29) is 6.29 Å². The predicted octanol–water partition coefficient (Wildman–Crippen LogP) is 4.80. The highest BCUT2D eigenvalue weighted by molar-refractivity contribution is 5.46. The van der Waals surface area contributed by atoms with E-state index in [1.165, 1.54) is 19.3 Å². The largest absolute Gasteiger partial charge is 0.493 e. The van der Waals surface area contributed by atoms with Gasteiger partial charge in [0.25, 0.3) is 0 Å². The van der Waals surface area contributed by atoms with E-state index in [4.69, 9.17) is 18.9 Å². The van der Waals surface area contributed by atoms with Gasteiger partial charge in [0.2, 0.25) is 0 Å². The predicted molar refractivity (Wildman–Crippen MR) is 93.1 cm³/mol. The topological polar surface area (TPSA) is 36.9 Å². The Hall–Kier alpha value is -1.26. The molecule has 2 atom stereocenters. The summed E-state index contributed by atoms with van der Waals surface area (Å²) in [6.07, 6.45) is 4.64. The van der Waals surface area contributed by atoms with E-state index in [1.54, 1.807) is 14.2 Å². The third-order valence-electron chi connectivity index (χ3n) is 4.07. The normalized spacial score (nSPS) is 13.6. The number of methoxy groups -OCH3 is 2. The molecule has 23 heavy (non-hydrogen) atoms. The summed E-state index contributed by atoms with van der Waals surface area (Å²) in [4.78, 5) is 0. The lowest BCUT2D eigenvalue weighted by atomic mass is 10.0. The van der Waals surface area contributed by atoms with Crippen LogP contribution < -0.4 is 9.47 Å². The maximum absolute atomic E-state index is 5.85. The van der Waals surface area contributed by atoms with Gasteiger partial charge in [0, 0.05) is 5.56 Å². The summed E-state index contributed by atoms with van der Waals surface area (Å²) in [7, 11) is 3.27. The highest BCUT2D eigenvalue weighted by Gasteiger charge is 2.13. The fourth-order valence-corrected chi connectivity index (χ4v) is 2.49. The fraction of sp³-hybridized carbons (Fsp3) is 0.684. The van der Waals surface area contributed by atoms with Crippen molar-refractivity contribution in [1.82, 2.24) is 0 Å². The Morgan fingerprint density at radius 2 is 1.83 bits per heavy atom. The molecule has 0 radical (unpaired) electrons. The molecule has 0 N–H and O–H groups in total. The van der Waals surface area contributed by atoms with Gasteiger partial charge in [0.15, 0.2) is 17.8 Å². The molecule has 132 valence electrons. The minimum absolute atomic E-state index is 0.235. The smallest absolute Gasteiger partial charge is 0.166 e. The molecule has 4 nitrogen and oxygen atoms in total. The van der Waals surface area contributed by atoms with Gasteiger partial charge in [-0.15, -0.1) is 0 Å². The van der Waals surface area contributed by atoms with Gasteiger partial charge in [0.05, 0.1) is 27.4 Å². The van der Waals surface area contributed by atoms with Crippen molar-refractivity contribution in [3.8, 4) is 11.5 Å². The van der Waals surface area contributed by atoms with Crippen LogP contribution in [-0.4, -0.2) is 27.1 Å². The van der Waals surface area contributed by atoms with Crippen molar-refractivity contribution in [2.24, 2.45) is 5.92 Å². The number of benzene rings is 1. The minimum Gasteiger partial charge on any atom is -0.493 e. The monoisotopic (exact) mass is 324 g/mol. The minimum atomic E-state index is -0.235. The van der Waals surface area contributed by atoms with Gasteiger partial charge in [-0.1, -0.05) is 45.2 Å². The van der Waals surface area contributed by atoms with Crippen molar-refractivity contribution in [1.29, 1.82) is 0 Å². The van der Waals surface area contributed by atoms with E-state index in [0.717, 1.165) is 24.3 Å². The lowest BCUT2D eigenvalue weighted by Crippen LogP contribution is -2.18. The Morgan fingerprint density at radius 3 is 2.43 bits per heavy atom.